The molecule has 1 fully saturated rings. The first-order valence-corrected chi connectivity index (χ1v) is 4.87. The predicted octanol–water partition coefficient (Wildman–Crippen LogP) is -1.34. The molecule has 0 spiro atoms. The van der Waals surface area contributed by atoms with Crippen molar-refractivity contribution in [3.63, 3.8) is 0 Å². The minimum Gasteiger partial charge on any atom is -0.394 e. The molecule has 2 unspecified atom stereocenters. The number of ether oxygens (including phenoxy) is 1. The standard InChI is InChI=1S/C9H19NO4/c1-4(2)6-5(3-11)14-9(13)7(10)8(6)12/h4-9,11-13H,3,10H2,1-2H3/t5?,6-,7?,8+,9-/m1/s1. The Morgan fingerprint density at radius 2 is 1.93 bits per heavy atom. The molecular formula is C9H19NO4. The summed E-state index contributed by atoms with van der Waals surface area (Å²) in [5.74, 6) is -0.0981. The zero-order chi connectivity index (χ0) is 10.9. The zero-order valence-electron chi connectivity index (χ0n) is 8.50. The summed E-state index contributed by atoms with van der Waals surface area (Å²) < 4.78 is 5.11. The van der Waals surface area contributed by atoms with E-state index in [1.807, 2.05) is 13.8 Å². The first-order chi connectivity index (χ1) is 6.49. The van der Waals surface area contributed by atoms with Crippen LogP contribution in [-0.2, 0) is 4.74 Å². The fourth-order valence-electron chi connectivity index (χ4n) is 1.99. The van der Waals surface area contributed by atoms with E-state index in [0.717, 1.165) is 0 Å². The zero-order valence-corrected chi connectivity index (χ0v) is 8.50. The summed E-state index contributed by atoms with van der Waals surface area (Å²) in [6.07, 6.45) is -2.58. The summed E-state index contributed by atoms with van der Waals surface area (Å²) in [6, 6.07) is -0.801. The van der Waals surface area contributed by atoms with Crippen molar-refractivity contribution in [3.05, 3.63) is 0 Å². The molecule has 0 radical (unpaired) electrons. The van der Waals surface area contributed by atoms with Crippen LogP contribution in [-0.4, -0.2) is 46.5 Å². The maximum Gasteiger partial charge on any atom is 0.172 e. The van der Waals surface area contributed by atoms with Gasteiger partial charge in [-0.2, -0.15) is 0 Å². The van der Waals surface area contributed by atoms with Crippen LogP contribution in [0.2, 0.25) is 0 Å². The largest absolute Gasteiger partial charge is 0.394 e. The van der Waals surface area contributed by atoms with Gasteiger partial charge in [0.15, 0.2) is 6.29 Å². The van der Waals surface area contributed by atoms with Crippen molar-refractivity contribution in [3.8, 4) is 0 Å². The predicted molar refractivity (Wildman–Crippen MR) is 50.3 cm³/mol. The molecular weight excluding hydrogens is 186 g/mol. The third kappa shape index (κ3) is 2.07. The summed E-state index contributed by atoms with van der Waals surface area (Å²) in [4.78, 5) is 0. The van der Waals surface area contributed by atoms with E-state index in [4.69, 9.17) is 15.6 Å². The molecule has 84 valence electrons. The maximum absolute atomic E-state index is 9.80. The van der Waals surface area contributed by atoms with E-state index in [-0.39, 0.29) is 18.4 Å². The Kier molecular flexibility index (Phi) is 3.86. The van der Waals surface area contributed by atoms with E-state index < -0.39 is 24.5 Å². The molecule has 1 saturated heterocycles. The Morgan fingerprint density at radius 3 is 2.36 bits per heavy atom. The van der Waals surface area contributed by atoms with Crippen molar-refractivity contribution in [2.75, 3.05) is 6.61 Å². The second-order valence-electron chi connectivity index (χ2n) is 4.14. The summed E-state index contributed by atoms with van der Waals surface area (Å²) in [6.45, 7) is 3.62. The molecule has 0 aliphatic carbocycles. The molecule has 0 amide bonds. The normalized spacial score (nSPS) is 44.4. The molecule has 0 aromatic heterocycles. The molecule has 1 aliphatic rings. The number of rotatable bonds is 2. The molecule has 0 saturated carbocycles. The number of hydrogen-bond donors (Lipinski definition) is 4. The molecule has 0 bridgehead atoms. The van der Waals surface area contributed by atoms with Gasteiger partial charge in [0, 0.05) is 5.92 Å². The number of hydrogen-bond acceptors (Lipinski definition) is 5. The van der Waals surface area contributed by atoms with Crippen LogP contribution in [0.4, 0.5) is 0 Å². The third-order valence-corrected chi connectivity index (χ3v) is 2.81. The van der Waals surface area contributed by atoms with Crippen LogP contribution in [0.15, 0.2) is 0 Å². The Morgan fingerprint density at radius 1 is 1.36 bits per heavy atom. The number of aliphatic hydroxyl groups is 3. The lowest BCUT2D eigenvalue weighted by Gasteiger charge is -2.42. The smallest absolute Gasteiger partial charge is 0.172 e. The lowest BCUT2D eigenvalue weighted by molar-refractivity contribution is -0.239. The summed E-state index contributed by atoms with van der Waals surface area (Å²) in [5.41, 5.74) is 5.56. The molecule has 14 heavy (non-hydrogen) atoms. The van der Waals surface area contributed by atoms with E-state index >= 15 is 0 Å². The SMILES string of the molecule is CC(C)[C@@H]1C(CO)O[C@@H](O)C(N)[C@H]1O. The minimum atomic E-state index is -1.20. The third-order valence-electron chi connectivity index (χ3n) is 2.81. The van der Waals surface area contributed by atoms with Crippen molar-refractivity contribution in [1.29, 1.82) is 0 Å². The quantitative estimate of drug-likeness (QED) is 0.447. The van der Waals surface area contributed by atoms with Gasteiger partial charge in [-0.1, -0.05) is 13.8 Å². The fourth-order valence-corrected chi connectivity index (χ4v) is 1.99. The summed E-state index contributed by atoms with van der Waals surface area (Å²) >= 11 is 0. The van der Waals surface area contributed by atoms with Gasteiger partial charge in [0.05, 0.1) is 24.9 Å². The van der Waals surface area contributed by atoms with Crippen molar-refractivity contribution in [2.24, 2.45) is 17.6 Å². The van der Waals surface area contributed by atoms with Gasteiger partial charge in [-0.05, 0) is 5.92 Å². The van der Waals surface area contributed by atoms with Crippen molar-refractivity contribution < 1.29 is 20.1 Å². The second-order valence-corrected chi connectivity index (χ2v) is 4.14. The lowest BCUT2D eigenvalue weighted by Crippen LogP contribution is -2.60. The molecule has 5 N–H and O–H groups in total. The van der Waals surface area contributed by atoms with Crippen LogP contribution >= 0.6 is 0 Å². The number of aliphatic hydroxyl groups excluding tert-OH is 3. The van der Waals surface area contributed by atoms with Crippen LogP contribution in [0.1, 0.15) is 13.8 Å². The molecule has 1 rings (SSSR count). The van der Waals surface area contributed by atoms with Crippen LogP contribution in [0.25, 0.3) is 0 Å². The molecule has 5 heteroatoms. The van der Waals surface area contributed by atoms with E-state index in [9.17, 15) is 10.2 Å². The van der Waals surface area contributed by atoms with Gasteiger partial charge in [-0.3, -0.25) is 0 Å². The Bertz CT molecular complexity index is 186. The second kappa shape index (κ2) is 4.55. The summed E-state index contributed by atoms with van der Waals surface area (Å²) in [7, 11) is 0. The van der Waals surface area contributed by atoms with Crippen LogP contribution in [0.3, 0.4) is 0 Å². The first-order valence-electron chi connectivity index (χ1n) is 4.87. The van der Waals surface area contributed by atoms with E-state index in [1.165, 1.54) is 0 Å². The highest BCUT2D eigenvalue weighted by atomic mass is 16.6. The van der Waals surface area contributed by atoms with Crippen molar-refractivity contribution in [1.82, 2.24) is 0 Å². The van der Waals surface area contributed by atoms with Gasteiger partial charge >= 0.3 is 0 Å². The highest BCUT2D eigenvalue weighted by molar-refractivity contribution is 4.91. The van der Waals surface area contributed by atoms with Crippen LogP contribution in [0.5, 0.6) is 0 Å². The summed E-state index contributed by atoms with van der Waals surface area (Å²) in [5, 5.41) is 28.2. The Hall–Kier alpha value is -0.200. The highest BCUT2D eigenvalue weighted by Crippen LogP contribution is 2.29. The minimum absolute atomic E-state index is 0.140. The van der Waals surface area contributed by atoms with E-state index in [0.29, 0.717) is 0 Å². The van der Waals surface area contributed by atoms with E-state index in [1.54, 1.807) is 0 Å². The van der Waals surface area contributed by atoms with Crippen molar-refractivity contribution >= 4 is 0 Å². The molecule has 5 atom stereocenters. The Labute approximate surface area is 83.5 Å². The Balaban J connectivity index is 2.78. The molecule has 1 aliphatic heterocycles. The molecule has 0 aromatic rings. The van der Waals surface area contributed by atoms with Crippen LogP contribution in [0, 0.1) is 11.8 Å². The molecule has 1 heterocycles. The number of nitrogens with two attached hydrogens (primary N) is 1. The average Bonchev–Trinajstić information content (AvgIpc) is 2.12. The van der Waals surface area contributed by atoms with Crippen molar-refractivity contribution in [2.45, 2.75) is 38.4 Å². The monoisotopic (exact) mass is 205 g/mol. The van der Waals surface area contributed by atoms with Gasteiger partial charge in [0.1, 0.15) is 0 Å². The van der Waals surface area contributed by atoms with Gasteiger partial charge in [0.2, 0.25) is 0 Å². The molecule has 0 aromatic carbocycles. The lowest BCUT2D eigenvalue weighted by atomic mass is 9.80. The highest BCUT2D eigenvalue weighted by Gasteiger charge is 2.43. The molecule has 5 nitrogen and oxygen atoms in total. The van der Waals surface area contributed by atoms with Gasteiger partial charge < -0.3 is 25.8 Å². The van der Waals surface area contributed by atoms with Gasteiger partial charge in [-0.15, -0.1) is 0 Å². The van der Waals surface area contributed by atoms with Gasteiger partial charge in [0.25, 0.3) is 0 Å². The fraction of sp³-hybridized carbons (Fsp3) is 1.00. The topological polar surface area (TPSA) is 95.9 Å². The average molecular weight is 205 g/mol. The van der Waals surface area contributed by atoms with E-state index in [2.05, 4.69) is 0 Å². The van der Waals surface area contributed by atoms with Crippen LogP contribution < -0.4 is 5.73 Å². The maximum atomic E-state index is 9.80. The first kappa shape index (κ1) is 11.9. The van der Waals surface area contributed by atoms with Gasteiger partial charge in [-0.25, -0.2) is 0 Å².